The molecule has 1 aromatic carbocycles. The molecule has 0 aliphatic carbocycles. The maximum absolute atomic E-state index is 4.23. The molecule has 1 aliphatic heterocycles. The highest BCUT2D eigenvalue weighted by atomic mass is 15.2. The summed E-state index contributed by atoms with van der Waals surface area (Å²) in [6.07, 6.45) is 5.16. The molecular weight excluding hydrogens is 248 g/mol. The third kappa shape index (κ3) is 3.26. The van der Waals surface area contributed by atoms with Gasteiger partial charge in [-0.2, -0.15) is 5.10 Å². The predicted octanol–water partition coefficient (Wildman–Crippen LogP) is 1.61. The monoisotopic (exact) mass is 270 g/mol. The lowest BCUT2D eigenvalue weighted by molar-refractivity contribution is 0.203. The first-order valence-electron chi connectivity index (χ1n) is 7.29. The molecule has 4 heteroatoms. The van der Waals surface area contributed by atoms with E-state index < -0.39 is 0 Å². The smallest absolute Gasteiger partial charge is 0.0522 e. The van der Waals surface area contributed by atoms with E-state index in [1.54, 1.807) is 0 Å². The molecule has 1 fully saturated rings. The zero-order chi connectivity index (χ0) is 13.8. The quantitative estimate of drug-likeness (QED) is 0.916. The van der Waals surface area contributed by atoms with Crippen molar-refractivity contribution in [3.8, 4) is 0 Å². The van der Waals surface area contributed by atoms with Crippen molar-refractivity contribution in [1.82, 2.24) is 20.0 Å². The second-order valence-electron chi connectivity index (χ2n) is 5.49. The molecule has 1 aromatic heterocycles. The second-order valence-corrected chi connectivity index (χ2v) is 5.49. The molecule has 20 heavy (non-hydrogen) atoms. The van der Waals surface area contributed by atoms with Crippen molar-refractivity contribution >= 4 is 0 Å². The van der Waals surface area contributed by atoms with E-state index in [1.165, 1.54) is 11.1 Å². The van der Waals surface area contributed by atoms with Gasteiger partial charge in [-0.1, -0.05) is 30.3 Å². The fourth-order valence-corrected chi connectivity index (χ4v) is 2.81. The van der Waals surface area contributed by atoms with Crippen molar-refractivity contribution in [3.05, 3.63) is 53.9 Å². The molecule has 4 nitrogen and oxygen atoms in total. The van der Waals surface area contributed by atoms with E-state index in [2.05, 4.69) is 51.8 Å². The molecule has 2 aromatic rings. The summed E-state index contributed by atoms with van der Waals surface area (Å²) in [5, 5.41) is 7.84. The lowest BCUT2D eigenvalue weighted by atomic mass is 10.0. The third-order valence-corrected chi connectivity index (χ3v) is 3.94. The average molecular weight is 270 g/mol. The van der Waals surface area contributed by atoms with Crippen LogP contribution >= 0.6 is 0 Å². The first-order chi connectivity index (χ1) is 9.81. The molecule has 1 aliphatic rings. The van der Waals surface area contributed by atoms with E-state index in [1.807, 2.05) is 17.9 Å². The maximum Gasteiger partial charge on any atom is 0.0522 e. The maximum atomic E-state index is 4.23. The zero-order valence-corrected chi connectivity index (χ0v) is 12.0. The van der Waals surface area contributed by atoms with Gasteiger partial charge in [-0.15, -0.1) is 0 Å². The molecule has 0 saturated carbocycles. The van der Waals surface area contributed by atoms with Crippen LogP contribution in [-0.2, 0) is 13.5 Å². The molecular formula is C16H22N4. The Balaban J connectivity index is 1.55. The van der Waals surface area contributed by atoms with Crippen LogP contribution in [0.5, 0.6) is 0 Å². The summed E-state index contributed by atoms with van der Waals surface area (Å²) in [5.74, 6) is 0. The molecule has 1 atom stereocenters. The van der Waals surface area contributed by atoms with Gasteiger partial charge in [0.15, 0.2) is 0 Å². The van der Waals surface area contributed by atoms with Gasteiger partial charge < -0.3 is 5.32 Å². The SMILES string of the molecule is Cn1cc(CCN2CCNC(c3ccccc3)C2)cn1. The summed E-state index contributed by atoms with van der Waals surface area (Å²) >= 11 is 0. The number of hydrogen-bond donors (Lipinski definition) is 1. The number of rotatable bonds is 4. The van der Waals surface area contributed by atoms with E-state index in [0.717, 1.165) is 32.6 Å². The minimum Gasteiger partial charge on any atom is -0.308 e. The van der Waals surface area contributed by atoms with Gasteiger partial charge >= 0.3 is 0 Å². The van der Waals surface area contributed by atoms with Crippen molar-refractivity contribution in [1.29, 1.82) is 0 Å². The molecule has 1 saturated heterocycles. The Morgan fingerprint density at radius 2 is 2.15 bits per heavy atom. The zero-order valence-electron chi connectivity index (χ0n) is 12.0. The molecule has 0 spiro atoms. The van der Waals surface area contributed by atoms with Gasteiger partial charge in [0, 0.05) is 45.5 Å². The first-order valence-corrected chi connectivity index (χ1v) is 7.29. The third-order valence-electron chi connectivity index (χ3n) is 3.94. The number of nitrogens with one attached hydrogen (secondary N) is 1. The predicted molar refractivity (Wildman–Crippen MR) is 80.5 cm³/mol. The first kappa shape index (κ1) is 13.3. The van der Waals surface area contributed by atoms with Gasteiger partial charge in [-0.3, -0.25) is 9.58 Å². The standard InChI is InChI=1S/C16H22N4/c1-19-12-14(11-18-19)7-9-20-10-8-17-16(13-20)15-5-3-2-4-6-15/h2-6,11-12,16-17H,7-10,13H2,1H3. The van der Waals surface area contributed by atoms with E-state index in [-0.39, 0.29) is 0 Å². The Bertz CT molecular complexity index is 534. The summed E-state index contributed by atoms with van der Waals surface area (Å²) in [5.41, 5.74) is 2.71. The lowest BCUT2D eigenvalue weighted by Crippen LogP contribution is -2.46. The van der Waals surface area contributed by atoms with Crippen molar-refractivity contribution in [2.75, 3.05) is 26.2 Å². The van der Waals surface area contributed by atoms with Crippen LogP contribution in [-0.4, -0.2) is 40.9 Å². The van der Waals surface area contributed by atoms with E-state index in [9.17, 15) is 0 Å². The number of aromatic nitrogens is 2. The average Bonchev–Trinajstić information content (AvgIpc) is 2.92. The summed E-state index contributed by atoms with van der Waals surface area (Å²) in [7, 11) is 1.97. The van der Waals surface area contributed by atoms with Crippen LogP contribution in [0.3, 0.4) is 0 Å². The second kappa shape index (κ2) is 6.20. The normalized spacial score (nSPS) is 20.1. The highest BCUT2D eigenvalue weighted by Gasteiger charge is 2.20. The summed E-state index contributed by atoms with van der Waals surface area (Å²) in [6.45, 7) is 4.39. The number of aryl methyl sites for hydroxylation is 1. The topological polar surface area (TPSA) is 33.1 Å². The van der Waals surface area contributed by atoms with Crippen LogP contribution in [0, 0.1) is 0 Å². The van der Waals surface area contributed by atoms with Crippen molar-refractivity contribution in [3.63, 3.8) is 0 Å². The van der Waals surface area contributed by atoms with Crippen molar-refractivity contribution < 1.29 is 0 Å². The molecule has 2 heterocycles. The van der Waals surface area contributed by atoms with Crippen LogP contribution in [0.25, 0.3) is 0 Å². The summed E-state index contributed by atoms with van der Waals surface area (Å²) in [4.78, 5) is 2.54. The summed E-state index contributed by atoms with van der Waals surface area (Å²) < 4.78 is 1.87. The molecule has 1 N–H and O–H groups in total. The number of benzene rings is 1. The van der Waals surface area contributed by atoms with Crippen LogP contribution in [0.1, 0.15) is 17.2 Å². The van der Waals surface area contributed by atoms with E-state index in [4.69, 9.17) is 0 Å². The fourth-order valence-electron chi connectivity index (χ4n) is 2.81. The van der Waals surface area contributed by atoms with E-state index in [0.29, 0.717) is 6.04 Å². The highest BCUT2D eigenvalue weighted by molar-refractivity contribution is 5.19. The number of hydrogen-bond acceptors (Lipinski definition) is 3. The number of piperazine rings is 1. The van der Waals surface area contributed by atoms with Crippen LogP contribution in [0.2, 0.25) is 0 Å². The molecule has 1 unspecified atom stereocenters. The van der Waals surface area contributed by atoms with Gasteiger partial charge in [0.1, 0.15) is 0 Å². The molecule has 106 valence electrons. The van der Waals surface area contributed by atoms with Crippen LogP contribution < -0.4 is 5.32 Å². The molecule has 0 radical (unpaired) electrons. The largest absolute Gasteiger partial charge is 0.308 e. The van der Waals surface area contributed by atoms with Gasteiger partial charge in [-0.25, -0.2) is 0 Å². The van der Waals surface area contributed by atoms with Crippen LogP contribution in [0.15, 0.2) is 42.7 Å². The van der Waals surface area contributed by atoms with E-state index >= 15 is 0 Å². The Labute approximate surface area is 120 Å². The Morgan fingerprint density at radius 1 is 1.30 bits per heavy atom. The Kier molecular flexibility index (Phi) is 4.14. The van der Waals surface area contributed by atoms with Crippen LogP contribution in [0.4, 0.5) is 0 Å². The van der Waals surface area contributed by atoms with Gasteiger partial charge in [-0.05, 0) is 17.5 Å². The van der Waals surface area contributed by atoms with Gasteiger partial charge in [0.25, 0.3) is 0 Å². The van der Waals surface area contributed by atoms with Crippen molar-refractivity contribution in [2.24, 2.45) is 7.05 Å². The molecule has 0 amide bonds. The highest BCUT2D eigenvalue weighted by Crippen LogP contribution is 2.17. The minimum absolute atomic E-state index is 0.457. The molecule has 3 rings (SSSR count). The minimum atomic E-state index is 0.457. The fraction of sp³-hybridized carbons (Fsp3) is 0.438. The van der Waals surface area contributed by atoms with Gasteiger partial charge in [0.2, 0.25) is 0 Å². The molecule has 0 bridgehead atoms. The van der Waals surface area contributed by atoms with Gasteiger partial charge in [0.05, 0.1) is 6.20 Å². The lowest BCUT2D eigenvalue weighted by Gasteiger charge is -2.33. The van der Waals surface area contributed by atoms with Crippen molar-refractivity contribution in [2.45, 2.75) is 12.5 Å². The summed E-state index contributed by atoms with van der Waals surface area (Å²) in [6, 6.07) is 11.2. The Hall–Kier alpha value is -1.65. The Morgan fingerprint density at radius 3 is 2.90 bits per heavy atom. The number of nitrogens with zero attached hydrogens (tertiary/aromatic N) is 3.